The molecule has 0 bridgehead atoms. The van der Waals surface area contributed by atoms with Crippen LogP contribution in [-0.2, 0) is 11.0 Å². The van der Waals surface area contributed by atoms with Gasteiger partial charge in [-0.15, -0.1) is 0 Å². The SMILES string of the molecule is O=C1S/C(=C/c2ccc[nH]2)C(=O)N1c1cccc(C(F)(F)F)c1. The topological polar surface area (TPSA) is 53.2 Å². The number of rotatable bonds is 2. The highest BCUT2D eigenvalue weighted by molar-refractivity contribution is 8.19. The fourth-order valence-electron chi connectivity index (χ4n) is 2.09. The number of nitrogens with zero attached hydrogens (tertiary/aromatic N) is 1. The molecule has 0 saturated carbocycles. The smallest absolute Gasteiger partial charge is 0.362 e. The number of hydrogen-bond donors (Lipinski definition) is 1. The van der Waals surface area contributed by atoms with Gasteiger partial charge in [0.1, 0.15) is 0 Å². The van der Waals surface area contributed by atoms with Gasteiger partial charge in [-0.1, -0.05) is 6.07 Å². The van der Waals surface area contributed by atoms with Crippen LogP contribution >= 0.6 is 11.8 Å². The van der Waals surface area contributed by atoms with E-state index in [2.05, 4.69) is 4.98 Å². The van der Waals surface area contributed by atoms with Gasteiger partial charge in [-0.2, -0.15) is 13.2 Å². The lowest BCUT2D eigenvalue weighted by molar-refractivity contribution is -0.137. The summed E-state index contributed by atoms with van der Waals surface area (Å²) in [7, 11) is 0. The summed E-state index contributed by atoms with van der Waals surface area (Å²) < 4.78 is 38.3. The largest absolute Gasteiger partial charge is 0.416 e. The second-order valence-corrected chi connectivity index (χ2v) is 5.68. The lowest BCUT2D eigenvalue weighted by atomic mass is 10.2. The molecule has 4 nitrogen and oxygen atoms in total. The Kier molecular flexibility index (Phi) is 3.77. The van der Waals surface area contributed by atoms with Crippen molar-refractivity contribution in [2.75, 3.05) is 4.90 Å². The molecule has 23 heavy (non-hydrogen) atoms. The number of benzene rings is 1. The second kappa shape index (κ2) is 5.62. The number of amides is 2. The van der Waals surface area contributed by atoms with E-state index in [4.69, 9.17) is 0 Å². The molecule has 8 heteroatoms. The van der Waals surface area contributed by atoms with Gasteiger partial charge in [0.25, 0.3) is 11.1 Å². The molecule has 1 saturated heterocycles. The Hall–Kier alpha value is -2.48. The molecular weight excluding hydrogens is 329 g/mol. The number of thioether (sulfide) groups is 1. The summed E-state index contributed by atoms with van der Waals surface area (Å²) in [5.74, 6) is -0.645. The fourth-order valence-corrected chi connectivity index (χ4v) is 2.92. The standard InChI is InChI=1S/C15H9F3N2O2S/c16-15(17,18)9-3-1-5-11(7-9)20-13(21)12(23-14(20)22)8-10-4-2-6-19-10/h1-8,19H/b12-8+. The Bertz CT molecular complexity index is 797. The van der Waals surface area contributed by atoms with Crippen molar-refractivity contribution in [3.63, 3.8) is 0 Å². The molecule has 0 radical (unpaired) electrons. The van der Waals surface area contributed by atoms with Crippen LogP contribution in [0.25, 0.3) is 6.08 Å². The number of halogens is 3. The Morgan fingerprint density at radius 2 is 1.91 bits per heavy atom. The Labute approximate surface area is 133 Å². The van der Waals surface area contributed by atoms with E-state index in [9.17, 15) is 22.8 Å². The number of aromatic amines is 1. The molecule has 0 unspecified atom stereocenters. The molecule has 1 aliphatic rings. The van der Waals surface area contributed by atoms with Crippen LogP contribution in [0.2, 0.25) is 0 Å². The van der Waals surface area contributed by atoms with Crippen LogP contribution in [0.15, 0.2) is 47.5 Å². The quantitative estimate of drug-likeness (QED) is 0.832. The third-order valence-electron chi connectivity index (χ3n) is 3.13. The van der Waals surface area contributed by atoms with E-state index < -0.39 is 22.9 Å². The minimum Gasteiger partial charge on any atom is -0.362 e. The molecule has 0 spiro atoms. The average Bonchev–Trinajstić information content (AvgIpc) is 3.08. The molecule has 1 aromatic carbocycles. The maximum absolute atomic E-state index is 12.8. The molecule has 2 amide bonds. The van der Waals surface area contributed by atoms with Crippen LogP contribution in [0.4, 0.5) is 23.7 Å². The molecule has 1 N–H and O–H groups in total. The molecule has 3 rings (SSSR count). The molecule has 1 fully saturated rings. The van der Waals surface area contributed by atoms with E-state index in [1.165, 1.54) is 12.1 Å². The molecule has 1 aromatic heterocycles. The summed E-state index contributed by atoms with van der Waals surface area (Å²) in [6, 6.07) is 7.56. The van der Waals surface area contributed by atoms with Crippen LogP contribution in [0.1, 0.15) is 11.3 Å². The molecule has 1 aliphatic heterocycles. The molecule has 2 heterocycles. The highest BCUT2D eigenvalue weighted by Gasteiger charge is 2.38. The van der Waals surface area contributed by atoms with Crippen molar-refractivity contribution in [1.82, 2.24) is 4.98 Å². The molecule has 0 atom stereocenters. The van der Waals surface area contributed by atoms with Gasteiger partial charge in [-0.3, -0.25) is 9.59 Å². The summed E-state index contributed by atoms with van der Waals surface area (Å²) in [4.78, 5) is 28.1. The van der Waals surface area contributed by atoms with Crippen LogP contribution in [-0.4, -0.2) is 16.1 Å². The summed E-state index contributed by atoms with van der Waals surface area (Å²) in [6.45, 7) is 0. The zero-order chi connectivity index (χ0) is 16.6. The number of H-pyrrole nitrogens is 1. The van der Waals surface area contributed by atoms with Gasteiger partial charge < -0.3 is 4.98 Å². The van der Waals surface area contributed by atoms with E-state index in [1.807, 2.05) is 0 Å². The van der Waals surface area contributed by atoms with E-state index in [1.54, 1.807) is 18.3 Å². The lowest BCUT2D eigenvalue weighted by Crippen LogP contribution is -2.28. The Balaban J connectivity index is 1.95. The van der Waals surface area contributed by atoms with Crippen molar-refractivity contribution in [3.05, 3.63) is 58.8 Å². The van der Waals surface area contributed by atoms with Crippen molar-refractivity contribution in [1.29, 1.82) is 0 Å². The Morgan fingerprint density at radius 1 is 1.13 bits per heavy atom. The first-order valence-corrected chi connectivity index (χ1v) is 7.26. The van der Waals surface area contributed by atoms with Crippen LogP contribution in [0.5, 0.6) is 0 Å². The van der Waals surface area contributed by atoms with Gasteiger partial charge in [-0.05, 0) is 48.2 Å². The summed E-state index contributed by atoms with van der Waals surface area (Å²) in [6.07, 6.45) is -1.40. The molecule has 2 aromatic rings. The van der Waals surface area contributed by atoms with Gasteiger partial charge >= 0.3 is 6.18 Å². The minimum absolute atomic E-state index is 0.0998. The number of aromatic nitrogens is 1. The van der Waals surface area contributed by atoms with Crippen molar-refractivity contribution in [2.45, 2.75) is 6.18 Å². The van der Waals surface area contributed by atoms with Crippen LogP contribution < -0.4 is 4.90 Å². The highest BCUT2D eigenvalue weighted by atomic mass is 32.2. The number of anilines is 1. The van der Waals surface area contributed by atoms with Crippen molar-refractivity contribution >= 4 is 34.7 Å². The van der Waals surface area contributed by atoms with E-state index in [-0.39, 0.29) is 10.6 Å². The predicted molar refractivity (Wildman–Crippen MR) is 80.7 cm³/mol. The summed E-state index contributed by atoms with van der Waals surface area (Å²) in [5.41, 5.74) is -0.390. The molecule has 0 aliphatic carbocycles. The van der Waals surface area contributed by atoms with Gasteiger partial charge in [-0.25, -0.2) is 4.90 Å². The second-order valence-electron chi connectivity index (χ2n) is 4.69. The van der Waals surface area contributed by atoms with Crippen molar-refractivity contribution < 1.29 is 22.8 Å². The number of hydrogen-bond acceptors (Lipinski definition) is 3. The van der Waals surface area contributed by atoms with Gasteiger partial charge in [0.05, 0.1) is 16.2 Å². The van der Waals surface area contributed by atoms with E-state index in [0.717, 1.165) is 23.1 Å². The number of carbonyl (C=O) groups is 2. The van der Waals surface area contributed by atoms with Crippen LogP contribution in [0.3, 0.4) is 0 Å². The zero-order valence-corrected chi connectivity index (χ0v) is 12.2. The van der Waals surface area contributed by atoms with Crippen molar-refractivity contribution in [3.8, 4) is 0 Å². The third-order valence-corrected chi connectivity index (χ3v) is 4.00. The van der Waals surface area contributed by atoms with Gasteiger partial charge in [0, 0.05) is 11.9 Å². The number of imide groups is 1. The molecule has 118 valence electrons. The van der Waals surface area contributed by atoms with Crippen molar-refractivity contribution in [2.24, 2.45) is 0 Å². The summed E-state index contributed by atoms with van der Waals surface area (Å²) >= 11 is 0.686. The first-order chi connectivity index (χ1) is 10.9. The minimum atomic E-state index is -4.54. The number of nitrogens with one attached hydrogen (secondary N) is 1. The first-order valence-electron chi connectivity index (χ1n) is 6.45. The first kappa shape index (κ1) is 15.4. The Morgan fingerprint density at radius 3 is 2.57 bits per heavy atom. The fraction of sp³-hybridized carbons (Fsp3) is 0.0667. The monoisotopic (exact) mass is 338 g/mol. The predicted octanol–water partition coefficient (Wildman–Crippen LogP) is 4.27. The van der Waals surface area contributed by atoms with Gasteiger partial charge in [0.15, 0.2) is 0 Å². The molecular formula is C15H9F3N2O2S. The summed E-state index contributed by atoms with van der Waals surface area (Å²) in [5, 5.41) is -0.632. The lowest BCUT2D eigenvalue weighted by Gasteiger charge is -2.14. The van der Waals surface area contributed by atoms with Gasteiger partial charge in [0.2, 0.25) is 0 Å². The van der Waals surface area contributed by atoms with E-state index >= 15 is 0 Å². The third kappa shape index (κ3) is 3.02. The zero-order valence-electron chi connectivity index (χ0n) is 11.4. The normalized spacial score (nSPS) is 17.3. The van der Waals surface area contributed by atoms with E-state index in [0.29, 0.717) is 17.5 Å². The maximum Gasteiger partial charge on any atom is 0.416 e. The van der Waals surface area contributed by atoms with Crippen LogP contribution in [0, 0.1) is 0 Å². The number of alkyl halides is 3. The highest BCUT2D eigenvalue weighted by Crippen LogP contribution is 2.38. The maximum atomic E-state index is 12.8. The number of carbonyl (C=O) groups excluding carboxylic acids is 2. The average molecular weight is 338 g/mol.